The number of para-hydroxylation sites is 1. The second kappa shape index (κ2) is 9.54. The van der Waals surface area contributed by atoms with E-state index in [4.69, 9.17) is 0 Å². The van der Waals surface area contributed by atoms with E-state index >= 15 is 0 Å². The predicted octanol–water partition coefficient (Wildman–Crippen LogP) is 2.79. The molecule has 28 heavy (non-hydrogen) atoms. The van der Waals surface area contributed by atoms with Gasteiger partial charge in [0.2, 0.25) is 5.91 Å². The number of hydrogen-bond donors (Lipinski definition) is 1. The lowest BCUT2D eigenvalue weighted by atomic mass is 9.99. The topological polar surface area (TPSA) is 69.7 Å². The predicted molar refractivity (Wildman–Crippen MR) is 113 cm³/mol. The molecule has 0 aliphatic carbocycles. The number of piperidine rings is 1. The smallest absolute Gasteiger partial charge is 0.252 e. The zero-order valence-electron chi connectivity index (χ0n) is 16.1. The van der Waals surface area contributed by atoms with Crippen LogP contribution in [0.25, 0.3) is 0 Å². The van der Waals surface area contributed by atoms with Gasteiger partial charge in [-0.3, -0.25) is 4.79 Å². The molecule has 1 N–H and O–H groups in total. The highest BCUT2D eigenvalue weighted by Gasteiger charge is 2.33. The minimum absolute atomic E-state index is 0.0477. The van der Waals surface area contributed by atoms with Crippen molar-refractivity contribution in [2.45, 2.75) is 23.5 Å². The molecule has 2 heterocycles. The zero-order valence-corrected chi connectivity index (χ0v) is 17.7. The molecule has 152 valence electrons. The molecule has 3 rings (SSSR count). The van der Waals surface area contributed by atoms with Crippen LogP contribution >= 0.6 is 11.3 Å². The Morgan fingerprint density at radius 1 is 1.25 bits per heavy atom. The molecule has 0 spiro atoms. The SMILES string of the molecule is CN(CCCNC(=O)[C@@H]1CCCN(S(=O)(=O)c2cccs2)C1)c1ccccc1. The number of anilines is 1. The van der Waals surface area contributed by atoms with Gasteiger partial charge >= 0.3 is 0 Å². The first kappa shape index (κ1) is 20.8. The van der Waals surface area contributed by atoms with E-state index in [2.05, 4.69) is 22.3 Å². The number of rotatable bonds is 8. The molecule has 1 aromatic heterocycles. The summed E-state index contributed by atoms with van der Waals surface area (Å²) in [6.45, 7) is 2.17. The molecular weight excluding hydrogens is 394 g/mol. The van der Waals surface area contributed by atoms with E-state index in [0.717, 1.165) is 25.1 Å². The average Bonchev–Trinajstić information content (AvgIpc) is 3.27. The van der Waals surface area contributed by atoms with Gasteiger partial charge in [0.25, 0.3) is 10.0 Å². The summed E-state index contributed by atoms with van der Waals surface area (Å²) in [6.07, 6.45) is 2.27. The summed E-state index contributed by atoms with van der Waals surface area (Å²) in [4.78, 5) is 14.7. The van der Waals surface area contributed by atoms with Gasteiger partial charge in [0.15, 0.2) is 0 Å². The first-order valence-corrected chi connectivity index (χ1v) is 11.9. The first-order chi connectivity index (χ1) is 13.5. The van der Waals surface area contributed by atoms with Gasteiger partial charge in [-0.05, 0) is 42.8 Å². The van der Waals surface area contributed by atoms with Gasteiger partial charge in [-0.25, -0.2) is 8.42 Å². The molecule has 1 fully saturated rings. The third kappa shape index (κ3) is 5.12. The summed E-state index contributed by atoms with van der Waals surface area (Å²) in [7, 11) is -1.45. The molecule has 1 saturated heterocycles. The van der Waals surface area contributed by atoms with Gasteiger partial charge in [-0.2, -0.15) is 4.31 Å². The van der Waals surface area contributed by atoms with Crippen molar-refractivity contribution in [3.8, 4) is 0 Å². The number of hydrogen-bond acceptors (Lipinski definition) is 5. The Bertz CT molecular complexity index is 854. The van der Waals surface area contributed by atoms with Crippen LogP contribution in [0.3, 0.4) is 0 Å². The number of sulfonamides is 1. The van der Waals surface area contributed by atoms with Crippen molar-refractivity contribution in [1.82, 2.24) is 9.62 Å². The zero-order chi connectivity index (χ0) is 20.0. The highest BCUT2D eigenvalue weighted by atomic mass is 32.2. The Balaban J connectivity index is 1.45. The standard InChI is InChI=1S/C20H27N3O3S2/c1-22(18-9-3-2-4-10-18)13-7-12-21-20(24)17-8-5-14-23(16-17)28(25,26)19-11-6-15-27-19/h2-4,6,9-11,15,17H,5,7-8,12-14,16H2,1H3,(H,21,24)/t17-/m1/s1. The van der Waals surface area contributed by atoms with Crippen LogP contribution in [-0.2, 0) is 14.8 Å². The highest BCUT2D eigenvalue weighted by molar-refractivity contribution is 7.91. The summed E-state index contributed by atoms with van der Waals surface area (Å²) < 4.78 is 27.2. The number of benzene rings is 1. The maximum Gasteiger partial charge on any atom is 0.252 e. The van der Waals surface area contributed by atoms with Crippen LogP contribution in [-0.4, -0.2) is 51.9 Å². The van der Waals surface area contributed by atoms with E-state index in [9.17, 15) is 13.2 Å². The molecular formula is C20H27N3O3S2. The molecule has 1 aromatic carbocycles. The van der Waals surface area contributed by atoms with E-state index in [-0.39, 0.29) is 18.4 Å². The number of nitrogens with one attached hydrogen (secondary N) is 1. The van der Waals surface area contributed by atoms with Crippen molar-refractivity contribution in [3.63, 3.8) is 0 Å². The van der Waals surface area contributed by atoms with Crippen molar-refractivity contribution in [2.24, 2.45) is 5.92 Å². The number of thiophene rings is 1. The van der Waals surface area contributed by atoms with Crippen LogP contribution in [0.15, 0.2) is 52.1 Å². The van der Waals surface area contributed by atoms with Crippen LogP contribution in [0, 0.1) is 5.92 Å². The van der Waals surface area contributed by atoms with Gasteiger partial charge < -0.3 is 10.2 Å². The third-order valence-electron chi connectivity index (χ3n) is 5.01. The Labute approximate surface area is 171 Å². The average molecular weight is 422 g/mol. The lowest BCUT2D eigenvalue weighted by Crippen LogP contribution is -2.45. The van der Waals surface area contributed by atoms with Gasteiger partial charge in [0.1, 0.15) is 4.21 Å². The minimum atomic E-state index is -3.49. The van der Waals surface area contributed by atoms with Crippen LogP contribution < -0.4 is 10.2 Å². The molecule has 0 saturated carbocycles. The summed E-state index contributed by atoms with van der Waals surface area (Å²) >= 11 is 1.22. The maximum atomic E-state index is 12.7. The molecule has 2 aromatic rings. The fourth-order valence-electron chi connectivity index (χ4n) is 3.40. The summed E-state index contributed by atoms with van der Waals surface area (Å²) in [6, 6.07) is 13.5. The van der Waals surface area contributed by atoms with Crippen molar-refractivity contribution in [1.29, 1.82) is 0 Å². The normalized spacial score (nSPS) is 18.0. The molecule has 1 aliphatic heterocycles. The minimum Gasteiger partial charge on any atom is -0.375 e. The van der Waals surface area contributed by atoms with E-state index < -0.39 is 10.0 Å². The molecule has 1 amide bonds. The molecule has 0 bridgehead atoms. The Morgan fingerprint density at radius 3 is 2.75 bits per heavy atom. The lowest BCUT2D eigenvalue weighted by Gasteiger charge is -2.30. The van der Waals surface area contributed by atoms with E-state index in [0.29, 0.717) is 23.7 Å². The summed E-state index contributed by atoms with van der Waals surface area (Å²) in [5.41, 5.74) is 1.15. The van der Waals surface area contributed by atoms with Crippen molar-refractivity contribution in [3.05, 3.63) is 47.8 Å². The van der Waals surface area contributed by atoms with Crippen LogP contribution in [0.1, 0.15) is 19.3 Å². The molecule has 1 atom stereocenters. The lowest BCUT2D eigenvalue weighted by molar-refractivity contribution is -0.126. The van der Waals surface area contributed by atoms with Crippen LogP contribution in [0.4, 0.5) is 5.69 Å². The highest BCUT2D eigenvalue weighted by Crippen LogP contribution is 2.26. The third-order valence-corrected chi connectivity index (χ3v) is 8.25. The van der Waals surface area contributed by atoms with E-state index in [1.54, 1.807) is 17.5 Å². The van der Waals surface area contributed by atoms with Gasteiger partial charge in [-0.1, -0.05) is 24.3 Å². The van der Waals surface area contributed by atoms with Gasteiger partial charge in [0, 0.05) is 38.9 Å². The number of nitrogens with zero attached hydrogens (tertiary/aromatic N) is 2. The molecule has 0 unspecified atom stereocenters. The Morgan fingerprint density at radius 2 is 2.04 bits per heavy atom. The summed E-state index contributed by atoms with van der Waals surface area (Å²) in [5.74, 6) is -0.330. The molecule has 0 radical (unpaired) electrons. The maximum absolute atomic E-state index is 12.7. The monoisotopic (exact) mass is 421 g/mol. The number of carbonyl (C=O) groups is 1. The van der Waals surface area contributed by atoms with Crippen LogP contribution in [0.5, 0.6) is 0 Å². The fourth-order valence-corrected chi connectivity index (χ4v) is 6.06. The number of carbonyl (C=O) groups excluding carboxylic acids is 1. The van der Waals surface area contributed by atoms with Crippen molar-refractivity contribution >= 4 is 33.0 Å². The van der Waals surface area contributed by atoms with E-state index in [1.165, 1.54) is 15.6 Å². The van der Waals surface area contributed by atoms with Crippen molar-refractivity contribution < 1.29 is 13.2 Å². The summed E-state index contributed by atoms with van der Waals surface area (Å²) in [5, 5.41) is 4.74. The molecule has 8 heteroatoms. The van der Waals surface area contributed by atoms with E-state index in [1.807, 2.05) is 25.2 Å². The second-order valence-electron chi connectivity index (χ2n) is 7.04. The number of amides is 1. The fraction of sp³-hybridized carbons (Fsp3) is 0.450. The second-order valence-corrected chi connectivity index (χ2v) is 10.1. The van der Waals surface area contributed by atoms with Crippen molar-refractivity contribution in [2.75, 3.05) is 38.1 Å². The quantitative estimate of drug-likeness (QED) is 0.666. The largest absolute Gasteiger partial charge is 0.375 e. The Hall–Kier alpha value is -1.90. The van der Waals surface area contributed by atoms with Gasteiger partial charge in [-0.15, -0.1) is 11.3 Å². The molecule has 6 nitrogen and oxygen atoms in total. The van der Waals surface area contributed by atoms with Crippen LogP contribution in [0.2, 0.25) is 0 Å². The Kier molecular flexibility index (Phi) is 7.09. The van der Waals surface area contributed by atoms with Gasteiger partial charge in [0.05, 0.1) is 5.92 Å². The first-order valence-electron chi connectivity index (χ1n) is 9.56. The molecule has 1 aliphatic rings.